The predicted octanol–water partition coefficient (Wildman–Crippen LogP) is 2.47. The predicted molar refractivity (Wildman–Crippen MR) is 93.3 cm³/mol. The molecule has 1 aliphatic rings. The Bertz CT molecular complexity index is 833. The van der Waals surface area contributed by atoms with Crippen LogP contribution in [0.1, 0.15) is 18.4 Å². The van der Waals surface area contributed by atoms with Gasteiger partial charge < -0.3 is 14.4 Å². The van der Waals surface area contributed by atoms with Crippen molar-refractivity contribution in [3.63, 3.8) is 0 Å². The number of nitro benzene ring substituents is 1. The van der Waals surface area contributed by atoms with Crippen LogP contribution in [-0.4, -0.2) is 49.2 Å². The minimum absolute atomic E-state index is 0.00593. The average molecular weight is 378 g/mol. The summed E-state index contributed by atoms with van der Waals surface area (Å²) in [5, 5.41) is 11.1. The second-order valence-corrected chi connectivity index (χ2v) is 5.69. The van der Waals surface area contributed by atoms with Crippen molar-refractivity contribution in [2.24, 2.45) is 0 Å². The Morgan fingerprint density at radius 2 is 2.04 bits per heavy atom. The maximum atomic E-state index is 13.7. The van der Waals surface area contributed by atoms with Gasteiger partial charge in [0, 0.05) is 25.4 Å². The topological polar surface area (TPSA) is 99.0 Å². The van der Waals surface area contributed by atoms with Crippen LogP contribution in [0.2, 0.25) is 0 Å². The Kier molecular flexibility index (Phi) is 6.27. The van der Waals surface area contributed by atoms with Crippen molar-refractivity contribution in [1.82, 2.24) is 4.90 Å². The molecule has 0 amide bonds. The molecule has 0 N–H and O–H groups in total. The lowest BCUT2D eigenvalue weighted by Gasteiger charge is -2.32. The lowest BCUT2D eigenvalue weighted by molar-refractivity contribution is -0.384. The van der Waals surface area contributed by atoms with Gasteiger partial charge in [-0.15, -0.1) is 0 Å². The summed E-state index contributed by atoms with van der Waals surface area (Å²) >= 11 is 0. The van der Waals surface area contributed by atoms with Gasteiger partial charge in [0.25, 0.3) is 5.69 Å². The minimum Gasteiger partial charge on any atom is -0.466 e. The number of rotatable bonds is 6. The number of nitrogens with zero attached hydrogens (tertiary/aromatic N) is 2. The number of hydrogen-bond acceptors (Lipinski definition) is 7. The van der Waals surface area contributed by atoms with E-state index < -0.39 is 29.5 Å². The first-order chi connectivity index (χ1) is 12.8. The number of halogens is 1. The highest BCUT2D eigenvalue weighted by molar-refractivity contribution is 5.99. The van der Waals surface area contributed by atoms with Gasteiger partial charge in [-0.3, -0.25) is 10.1 Å². The number of allylic oxidation sites excluding steroid dienone is 1. The molecule has 1 aliphatic heterocycles. The summed E-state index contributed by atoms with van der Waals surface area (Å²) in [6.07, 6.45) is 1.36. The van der Waals surface area contributed by atoms with Crippen LogP contribution < -0.4 is 0 Å². The fourth-order valence-corrected chi connectivity index (χ4v) is 2.93. The number of benzene rings is 1. The van der Waals surface area contributed by atoms with Gasteiger partial charge in [-0.2, -0.15) is 0 Å². The number of methoxy groups -OCH3 is 1. The molecule has 1 atom stereocenters. The summed E-state index contributed by atoms with van der Waals surface area (Å²) in [4.78, 5) is 36.7. The lowest BCUT2D eigenvalue weighted by atomic mass is 9.81. The van der Waals surface area contributed by atoms with Crippen molar-refractivity contribution in [2.45, 2.75) is 12.8 Å². The monoisotopic (exact) mass is 378 g/mol. The first-order valence-electron chi connectivity index (χ1n) is 8.09. The fraction of sp³-hybridized carbons (Fsp3) is 0.333. The van der Waals surface area contributed by atoms with Crippen LogP contribution in [0.5, 0.6) is 0 Å². The van der Waals surface area contributed by atoms with Crippen LogP contribution >= 0.6 is 0 Å². The molecule has 27 heavy (non-hydrogen) atoms. The summed E-state index contributed by atoms with van der Waals surface area (Å²) in [5.74, 6) is -2.60. The minimum atomic E-state index is -1.06. The molecule has 1 aromatic rings. The molecule has 0 aliphatic carbocycles. The van der Waals surface area contributed by atoms with Crippen molar-refractivity contribution in [1.29, 1.82) is 0 Å². The molecule has 9 heteroatoms. The van der Waals surface area contributed by atoms with E-state index in [1.54, 1.807) is 6.92 Å². The number of carbonyl (C=O) groups excluding carboxylic acids is 2. The molecule has 0 radical (unpaired) electrons. The number of alkyl halides is 1. The van der Waals surface area contributed by atoms with E-state index in [9.17, 15) is 24.1 Å². The van der Waals surface area contributed by atoms with Gasteiger partial charge in [-0.25, -0.2) is 14.0 Å². The molecule has 0 spiro atoms. The third kappa shape index (κ3) is 3.97. The van der Waals surface area contributed by atoms with Gasteiger partial charge in [0.15, 0.2) is 0 Å². The number of nitro groups is 1. The largest absolute Gasteiger partial charge is 0.466 e. The molecule has 1 unspecified atom stereocenters. The van der Waals surface area contributed by atoms with E-state index in [1.165, 1.54) is 42.4 Å². The van der Waals surface area contributed by atoms with E-state index in [-0.39, 0.29) is 34.7 Å². The number of carbonyl (C=O) groups is 2. The first-order valence-corrected chi connectivity index (χ1v) is 8.09. The number of non-ortho nitro benzene ring substituents is 1. The molecule has 1 heterocycles. The molecule has 0 fully saturated rings. The Balaban J connectivity index is 2.72. The van der Waals surface area contributed by atoms with E-state index >= 15 is 0 Å². The van der Waals surface area contributed by atoms with Crippen molar-refractivity contribution >= 4 is 17.6 Å². The quantitative estimate of drug-likeness (QED) is 0.426. The zero-order valence-corrected chi connectivity index (χ0v) is 15.1. The summed E-state index contributed by atoms with van der Waals surface area (Å²) < 4.78 is 23.5. The molecule has 144 valence electrons. The van der Waals surface area contributed by atoms with Crippen LogP contribution in [0.3, 0.4) is 0 Å². The third-order valence-corrected chi connectivity index (χ3v) is 4.13. The molecule has 1 aromatic carbocycles. The number of esters is 2. The van der Waals surface area contributed by atoms with Crippen LogP contribution in [0.25, 0.3) is 0 Å². The van der Waals surface area contributed by atoms with Crippen LogP contribution in [0, 0.1) is 10.1 Å². The Morgan fingerprint density at radius 3 is 2.59 bits per heavy atom. The molecule has 0 saturated heterocycles. The lowest BCUT2D eigenvalue weighted by Crippen LogP contribution is -2.32. The number of hydrogen-bond donors (Lipinski definition) is 0. The van der Waals surface area contributed by atoms with Crippen molar-refractivity contribution in [2.75, 3.05) is 27.4 Å². The second-order valence-electron chi connectivity index (χ2n) is 5.69. The summed E-state index contributed by atoms with van der Waals surface area (Å²) in [5.41, 5.74) is 0.0148. The highest BCUT2D eigenvalue weighted by atomic mass is 19.1. The van der Waals surface area contributed by atoms with Crippen LogP contribution in [0.4, 0.5) is 10.1 Å². The zero-order valence-electron chi connectivity index (χ0n) is 15.1. The number of ether oxygens (including phenoxy) is 2. The SMILES string of the molecule is CCOC(=O)C1=CN(C)C(CF)=C(C(=O)OC)C1c1cccc([N+](=O)[O-])c1. The molecule has 0 saturated carbocycles. The molecule has 8 nitrogen and oxygen atoms in total. The average Bonchev–Trinajstić information content (AvgIpc) is 2.66. The highest BCUT2D eigenvalue weighted by Gasteiger charge is 2.38. The fourth-order valence-electron chi connectivity index (χ4n) is 2.93. The van der Waals surface area contributed by atoms with Crippen LogP contribution in [0.15, 0.2) is 47.3 Å². The Morgan fingerprint density at radius 1 is 1.33 bits per heavy atom. The van der Waals surface area contributed by atoms with Crippen molar-refractivity contribution in [3.05, 3.63) is 63.0 Å². The van der Waals surface area contributed by atoms with Crippen LogP contribution in [-0.2, 0) is 19.1 Å². The van der Waals surface area contributed by atoms with Gasteiger partial charge in [0.2, 0.25) is 0 Å². The Hall–Kier alpha value is -3.23. The third-order valence-electron chi connectivity index (χ3n) is 4.13. The van der Waals surface area contributed by atoms with Gasteiger partial charge in [0.1, 0.15) is 6.67 Å². The summed E-state index contributed by atoms with van der Waals surface area (Å²) in [6, 6.07) is 5.47. The van der Waals surface area contributed by atoms with Crippen molar-refractivity contribution in [3.8, 4) is 0 Å². The van der Waals surface area contributed by atoms with E-state index in [2.05, 4.69) is 0 Å². The Labute approximate surface area is 155 Å². The van der Waals surface area contributed by atoms with Gasteiger partial charge in [-0.1, -0.05) is 12.1 Å². The maximum absolute atomic E-state index is 13.7. The van der Waals surface area contributed by atoms with Gasteiger partial charge in [-0.05, 0) is 12.5 Å². The molecule has 0 aromatic heterocycles. The first kappa shape index (κ1) is 20.1. The molecular formula is C18H19FN2O6. The van der Waals surface area contributed by atoms with E-state index in [4.69, 9.17) is 9.47 Å². The van der Waals surface area contributed by atoms with Gasteiger partial charge >= 0.3 is 11.9 Å². The second kappa shape index (κ2) is 8.43. The molecular weight excluding hydrogens is 359 g/mol. The smallest absolute Gasteiger partial charge is 0.336 e. The molecule has 0 bridgehead atoms. The maximum Gasteiger partial charge on any atom is 0.336 e. The molecule has 2 rings (SSSR count). The normalized spacial score (nSPS) is 16.7. The van der Waals surface area contributed by atoms with Gasteiger partial charge in [0.05, 0.1) is 41.4 Å². The standard InChI is InChI=1S/C18H19FN2O6/c1-4-27-17(22)13-10-20(2)14(9-19)16(18(23)26-3)15(13)11-6-5-7-12(8-11)21(24)25/h5-8,10,15H,4,9H2,1-3H3. The summed E-state index contributed by atoms with van der Waals surface area (Å²) in [7, 11) is 2.62. The highest BCUT2D eigenvalue weighted by Crippen LogP contribution is 2.40. The van der Waals surface area contributed by atoms with E-state index in [1.807, 2.05) is 0 Å². The van der Waals surface area contributed by atoms with Crippen molar-refractivity contribution < 1.29 is 28.4 Å². The van der Waals surface area contributed by atoms with E-state index in [0.29, 0.717) is 0 Å². The zero-order chi connectivity index (χ0) is 20.1. The van der Waals surface area contributed by atoms with E-state index in [0.717, 1.165) is 7.11 Å². The summed E-state index contributed by atoms with van der Waals surface area (Å²) in [6.45, 7) is 0.727.